The quantitative estimate of drug-likeness (QED) is 0.253. The van der Waals surface area contributed by atoms with Gasteiger partial charge in [0.25, 0.3) is 0 Å². The average molecular weight is 412 g/mol. The summed E-state index contributed by atoms with van der Waals surface area (Å²) in [7, 11) is -1.73. The average Bonchev–Trinajstić information content (AvgIpc) is 2.64. The molecule has 0 radical (unpaired) electrons. The molecule has 0 aromatic heterocycles. The second-order valence-corrected chi connectivity index (χ2v) is 7.09. The minimum absolute atomic E-state index is 0. The van der Waals surface area contributed by atoms with Crippen molar-refractivity contribution in [3.63, 3.8) is 0 Å². The summed E-state index contributed by atoms with van der Waals surface area (Å²) in [5.41, 5.74) is 0.316. The van der Waals surface area contributed by atoms with Gasteiger partial charge >= 0.3 is 35.5 Å². The number of hydrogen-bond acceptors (Lipinski definition) is 7. The molecule has 3 aromatic rings. The Hall–Kier alpha value is -1.84. The van der Waals surface area contributed by atoms with E-state index in [9.17, 15) is 17.8 Å². The maximum atomic E-state index is 12.1. The van der Waals surface area contributed by atoms with Gasteiger partial charge in [0.2, 0.25) is 0 Å². The van der Waals surface area contributed by atoms with E-state index >= 15 is 0 Å². The van der Waals surface area contributed by atoms with Crippen LogP contribution in [0.3, 0.4) is 0 Å². The number of ether oxygens (including phenoxy) is 3. The second kappa shape index (κ2) is 8.67. The van der Waals surface area contributed by atoms with Crippen molar-refractivity contribution in [1.82, 2.24) is 0 Å². The maximum absolute atomic E-state index is 12.1. The summed E-state index contributed by atoms with van der Waals surface area (Å²) in [6.07, 6.45) is 0. The minimum atomic E-state index is -4.64. The fourth-order valence-corrected chi connectivity index (χ4v) is 3.56. The zero-order valence-electron chi connectivity index (χ0n) is 15.9. The Kier molecular flexibility index (Phi) is 6.95. The Morgan fingerprint density at radius 1 is 0.929 bits per heavy atom. The Bertz CT molecular complexity index is 1160. The van der Waals surface area contributed by atoms with Gasteiger partial charge in [0, 0.05) is 21.5 Å². The first-order valence-electron chi connectivity index (χ1n) is 8.06. The normalized spacial score (nSPS) is 11.1. The fraction of sp³-hybridized carbons (Fsp3) is 0.211. The van der Waals surface area contributed by atoms with Gasteiger partial charge in [0.05, 0.1) is 31.3 Å². The molecule has 7 nitrogen and oxygen atoms in total. The SMILES string of the molecule is CCOC(=O)c1ccc2c(OC)c3ccc(S(=O)(=O)[O-])cc3c(OC)c2c1.[Na+]. The van der Waals surface area contributed by atoms with Crippen molar-refractivity contribution in [2.45, 2.75) is 11.8 Å². The summed E-state index contributed by atoms with van der Waals surface area (Å²) in [4.78, 5) is 11.7. The molecule has 0 fully saturated rings. The van der Waals surface area contributed by atoms with Gasteiger partial charge in [-0.15, -0.1) is 0 Å². The number of rotatable bonds is 5. The van der Waals surface area contributed by atoms with Crippen LogP contribution < -0.4 is 39.0 Å². The van der Waals surface area contributed by atoms with E-state index in [-0.39, 0.29) is 41.1 Å². The monoisotopic (exact) mass is 412 g/mol. The Morgan fingerprint density at radius 3 is 2.00 bits per heavy atom. The van der Waals surface area contributed by atoms with Gasteiger partial charge in [-0.05, 0) is 43.3 Å². The van der Waals surface area contributed by atoms with Gasteiger partial charge in [0.1, 0.15) is 21.6 Å². The van der Waals surface area contributed by atoms with Crippen molar-refractivity contribution in [1.29, 1.82) is 0 Å². The van der Waals surface area contributed by atoms with Crippen LogP contribution in [0.1, 0.15) is 17.3 Å². The van der Waals surface area contributed by atoms with Crippen LogP contribution in [0.15, 0.2) is 41.3 Å². The van der Waals surface area contributed by atoms with Gasteiger partial charge in [-0.1, -0.05) is 0 Å². The fourth-order valence-electron chi connectivity index (χ4n) is 3.07. The summed E-state index contributed by atoms with van der Waals surface area (Å²) < 4.78 is 50.3. The molecule has 0 aliphatic rings. The zero-order chi connectivity index (χ0) is 19.8. The summed E-state index contributed by atoms with van der Waals surface area (Å²) in [6, 6.07) is 8.89. The van der Waals surface area contributed by atoms with Crippen LogP contribution in [-0.2, 0) is 14.9 Å². The van der Waals surface area contributed by atoms with Crippen LogP contribution in [-0.4, -0.2) is 39.8 Å². The second-order valence-electron chi connectivity index (χ2n) is 5.71. The molecular weight excluding hydrogens is 395 g/mol. The molecule has 9 heteroatoms. The van der Waals surface area contributed by atoms with Crippen LogP contribution in [0.2, 0.25) is 0 Å². The van der Waals surface area contributed by atoms with Gasteiger partial charge < -0.3 is 18.8 Å². The maximum Gasteiger partial charge on any atom is 1.00 e. The molecule has 0 aliphatic carbocycles. The van der Waals surface area contributed by atoms with Crippen molar-refractivity contribution in [3.05, 3.63) is 42.0 Å². The topological polar surface area (TPSA) is 102 Å². The predicted molar refractivity (Wildman–Crippen MR) is 98.5 cm³/mol. The first kappa shape index (κ1) is 22.4. The molecule has 0 aliphatic heterocycles. The molecule has 0 heterocycles. The van der Waals surface area contributed by atoms with E-state index in [0.717, 1.165) is 0 Å². The third-order valence-corrected chi connectivity index (χ3v) is 5.03. The molecule has 28 heavy (non-hydrogen) atoms. The number of carbonyl (C=O) groups is 1. The van der Waals surface area contributed by atoms with Gasteiger partial charge in [-0.2, -0.15) is 0 Å². The first-order valence-corrected chi connectivity index (χ1v) is 9.47. The first-order chi connectivity index (χ1) is 12.8. The molecule has 0 amide bonds. The molecule has 0 unspecified atom stereocenters. The van der Waals surface area contributed by atoms with Crippen LogP contribution >= 0.6 is 0 Å². The van der Waals surface area contributed by atoms with E-state index in [1.165, 1.54) is 32.4 Å². The Labute approximate surface area is 184 Å². The number of esters is 1. The zero-order valence-corrected chi connectivity index (χ0v) is 18.8. The summed E-state index contributed by atoms with van der Waals surface area (Å²) in [6.45, 7) is 1.95. The molecule has 0 saturated heterocycles. The van der Waals surface area contributed by atoms with Crippen molar-refractivity contribution in [2.24, 2.45) is 0 Å². The predicted octanol–water partition coefficient (Wildman–Crippen LogP) is 0.0950. The molecule has 0 spiro atoms. The minimum Gasteiger partial charge on any atom is -0.744 e. The van der Waals surface area contributed by atoms with E-state index in [0.29, 0.717) is 38.6 Å². The van der Waals surface area contributed by atoms with E-state index in [1.807, 2.05) is 0 Å². The molecule has 0 bridgehead atoms. The van der Waals surface area contributed by atoms with Crippen molar-refractivity contribution >= 4 is 37.6 Å². The number of benzene rings is 3. The Balaban J connectivity index is 0.00000280. The smallest absolute Gasteiger partial charge is 0.744 e. The summed E-state index contributed by atoms with van der Waals surface area (Å²) in [5, 5.41) is 2.18. The third kappa shape index (κ3) is 3.97. The third-order valence-electron chi connectivity index (χ3n) is 4.20. The number of methoxy groups -OCH3 is 2. The van der Waals surface area contributed by atoms with Crippen LogP contribution in [0.4, 0.5) is 0 Å². The molecule has 0 N–H and O–H groups in total. The van der Waals surface area contributed by atoms with E-state index in [4.69, 9.17) is 14.2 Å². The standard InChI is InChI=1S/C19H18O7S.Na/c1-4-26-19(20)11-5-7-13-15(9-11)18(25-3)16-10-12(27(21,22)23)6-8-14(16)17(13)24-2;/h5-10H,4H2,1-3H3,(H,21,22,23);/q;+1/p-1. The van der Waals surface area contributed by atoms with E-state index in [1.54, 1.807) is 25.1 Å². The molecule has 3 rings (SSSR count). The van der Waals surface area contributed by atoms with Crippen LogP contribution in [0.5, 0.6) is 11.5 Å². The molecule has 142 valence electrons. The number of hydrogen-bond donors (Lipinski definition) is 0. The largest absolute Gasteiger partial charge is 1.00 e. The number of carbonyl (C=O) groups excluding carboxylic acids is 1. The van der Waals surface area contributed by atoms with Crippen molar-refractivity contribution in [3.8, 4) is 11.5 Å². The van der Waals surface area contributed by atoms with E-state index < -0.39 is 16.1 Å². The van der Waals surface area contributed by atoms with Crippen molar-refractivity contribution in [2.75, 3.05) is 20.8 Å². The van der Waals surface area contributed by atoms with E-state index in [2.05, 4.69) is 0 Å². The van der Waals surface area contributed by atoms with Gasteiger partial charge in [0.15, 0.2) is 0 Å². The van der Waals surface area contributed by atoms with Gasteiger partial charge in [-0.3, -0.25) is 0 Å². The number of fused-ring (bicyclic) bond motifs is 2. The molecule has 0 saturated carbocycles. The van der Waals surface area contributed by atoms with Crippen LogP contribution in [0.25, 0.3) is 21.5 Å². The van der Waals surface area contributed by atoms with Gasteiger partial charge in [-0.25, -0.2) is 13.2 Å². The van der Waals surface area contributed by atoms with Crippen LogP contribution in [0, 0.1) is 0 Å². The Morgan fingerprint density at radius 2 is 1.46 bits per heavy atom. The molecule has 3 aromatic carbocycles. The summed E-state index contributed by atoms with van der Waals surface area (Å²) >= 11 is 0. The van der Waals surface area contributed by atoms with Crippen molar-refractivity contribution < 1.29 is 61.5 Å². The molecular formula is C19H17NaO7S. The summed E-state index contributed by atoms with van der Waals surface area (Å²) in [5.74, 6) is 0.319. The molecule has 0 atom stereocenters.